The Balaban J connectivity index is 2.02. The van der Waals surface area contributed by atoms with Gasteiger partial charge in [-0.3, -0.25) is 4.68 Å². The summed E-state index contributed by atoms with van der Waals surface area (Å²) >= 11 is 0. The van der Waals surface area contributed by atoms with Crippen LogP contribution in [0, 0.1) is 0 Å². The standard InChI is InChI=1S/C19H34N6O2/c1-6-16-15(17(7-2)24(4)23-16)13-21-18(20-8-3)22-14-9-11-25(12-10-14)19(26)27-5/h14H,6-13H2,1-5H3,(H2,20,21,22). The maximum Gasteiger partial charge on any atom is 0.409 e. The molecule has 27 heavy (non-hydrogen) atoms. The van der Waals surface area contributed by atoms with Gasteiger partial charge in [0, 0.05) is 44.0 Å². The van der Waals surface area contributed by atoms with Crippen molar-refractivity contribution >= 4 is 12.1 Å². The lowest BCUT2D eigenvalue weighted by atomic mass is 10.1. The lowest BCUT2D eigenvalue weighted by Crippen LogP contribution is -2.49. The van der Waals surface area contributed by atoms with E-state index in [-0.39, 0.29) is 6.09 Å². The van der Waals surface area contributed by atoms with E-state index in [1.807, 2.05) is 11.7 Å². The number of likely N-dealkylation sites (tertiary alicyclic amines) is 1. The molecule has 1 aromatic rings. The maximum atomic E-state index is 11.6. The van der Waals surface area contributed by atoms with Crippen molar-refractivity contribution in [1.29, 1.82) is 0 Å². The fourth-order valence-corrected chi connectivity index (χ4v) is 3.58. The van der Waals surface area contributed by atoms with Gasteiger partial charge in [0.2, 0.25) is 0 Å². The molecule has 1 fully saturated rings. The summed E-state index contributed by atoms with van der Waals surface area (Å²) in [5.41, 5.74) is 3.61. The topological polar surface area (TPSA) is 83.8 Å². The number of hydrogen-bond donors (Lipinski definition) is 2. The number of nitrogens with zero attached hydrogens (tertiary/aromatic N) is 4. The predicted molar refractivity (Wildman–Crippen MR) is 107 cm³/mol. The van der Waals surface area contributed by atoms with Crippen molar-refractivity contribution in [1.82, 2.24) is 25.3 Å². The van der Waals surface area contributed by atoms with Gasteiger partial charge >= 0.3 is 6.09 Å². The van der Waals surface area contributed by atoms with E-state index in [0.29, 0.717) is 25.7 Å². The molecule has 1 aliphatic heterocycles. The van der Waals surface area contributed by atoms with Gasteiger partial charge in [-0.05, 0) is 32.6 Å². The number of piperidine rings is 1. The number of aromatic nitrogens is 2. The largest absolute Gasteiger partial charge is 0.453 e. The summed E-state index contributed by atoms with van der Waals surface area (Å²) in [6.45, 7) is 9.18. The number of hydrogen-bond acceptors (Lipinski definition) is 4. The molecule has 2 heterocycles. The van der Waals surface area contributed by atoms with Crippen LogP contribution in [0.4, 0.5) is 4.79 Å². The van der Waals surface area contributed by atoms with Gasteiger partial charge in [-0.15, -0.1) is 0 Å². The van der Waals surface area contributed by atoms with E-state index in [1.165, 1.54) is 18.4 Å². The molecule has 1 aromatic heterocycles. The zero-order chi connectivity index (χ0) is 19.8. The molecule has 0 aliphatic carbocycles. The summed E-state index contributed by atoms with van der Waals surface area (Å²) in [5, 5.41) is 11.5. The second-order valence-electron chi connectivity index (χ2n) is 6.77. The minimum atomic E-state index is -0.246. The first-order valence-electron chi connectivity index (χ1n) is 9.95. The van der Waals surface area contributed by atoms with Crippen LogP contribution in [0.25, 0.3) is 0 Å². The second-order valence-corrected chi connectivity index (χ2v) is 6.77. The number of ether oxygens (including phenoxy) is 1. The fourth-order valence-electron chi connectivity index (χ4n) is 3.58. The highest BCUT2D eigenvalue weighted by molar-refractivity contribution is 5.80. The molecule has 8 heteroatoms. The normalized spacial score (nSPS) is 15.7. The van der Waals surface area contributed by atoms with Gasteiger partial charge < -0.3 is 20.3 Å². The molecule has 0 aromatic carbocycles. The van der Waals surface area contributed by atoms with Gasteiger partial charge in [0.1, 0.15) is 0 Å². The molecule has 1 amide bonds. The van der Waals surface area contributed by atoms with Gasteiger partial charge in [-0.25, -0.2) is 9.79 Å². The minimum absolute atomic E-state index is 0.246. The number of amides is 1. The third-order valence-electron chi connectivity index (χ3n) is 5.04. The number of rotatable bonds is 6. The molecule has 1 saturated heterocycles. The number of methoxy groups -OCH3 is 1. The summed E-state index contributed by atoms with van der Waals surface area (Å²) in [4.78, 5) is 18.2. The van der Waals surface area contributed by atoms with E-state index in [4.69, 9.17) is 9.73 Å². The maximum absolute atomic E-state index is 11.6. The third kappa shape index (κ3) is 5.37. The number of aryl methyl sites for hydroxylation is 2. The summed E-state index contributed by atoms with van der Waals surface area (Å²) in [6.07, 6.45) is 3.38. The molecule has 8 nitrogen and oxygen atoms in total. The molecule has 0 spiro atoms. The first kappa shape index (κ1) is 21.1. The van der Waals surface area contributed by atoms with Crippen molar-refractivity contribution in [3.8, 4) is 0 Å². The number of nitrogens with one attached hydrogen (secondary N) is 2. The highest BCUT2D eigenvalue weighted by atomic mass is 16.5. The number of carbonyl (C=O) groups is 1. The number of guanidine groups is 1. The molecule has 2 N–H and O–H groups in total. The number of aliphatic imine (C=N–C) groups is 1. The summed E-state index contributed by atoms with van der Waals surface area (Å²) in [6, 6.07) is 0.300. The molecular weight excluding hydrogens is 344 g/mol. The Labute approximate surface area is 162 Å². The van der Waals surface area contributed by atoms with Crippen molar-refractivity contribution in [3.05, 3.63) is 17.0 Å². The molecule has 0 radical (unpaired) electrons. The smallest absolute Gasteiger partial charge is 0.409 e. The van der Waals surface area contributed by atoms with Crippen LogP contribution in [-0.2, 0) is 31.2 Å². The van der Waals surface area contributed by atoms with Crippen LogP contribution in [0.5, 0.6) is 0 Å². The quantitative estimate of drug-likeness (QED) is 0.583. The lowest BCUT2D eigenvalue weighted by molar-refractivity contribution is 0.111. The highest BCUT2D eigenvalue weighted by Crippen LogP contribution is 2.17. The van der Waals surface area contributed by atoms with Crippen LogP contribution >= 0.6 is 0 Å². The Morgan fingerprint density at radius 2 is 1.96 bits per heavy atom. The van der Waals surface area contributed by atoms with Crippen molar-refractivity contribution in [2.45, 2.75) is 59.0 Å². The van der Waals surface area contributed by atoms with E-state index in [2.05, 4.69) is 36.5 Å². The summed E-state index contributed by atoms with van der Waals surface area (Å²) in [5.74, 6) is 0.821. The first-order valence-corrected chi connectivity index (χ1v) is 9.95. The number of carbonyl (C=O) groups excluding carboxylic acids is 1. The Morgan fingerprint density at radius 1 is 1.26 bits per heavy atom. The molecule has 0 unspecified atom stereocenters. The molecule has 1 aliphatic rings. The van der Waals surface area contributed by atoms with Crippen LogP contribution in [0.2, 0.25) is 0 Å². The van der Waals surface area contributed by atoms with E-state index in [1.54, 1.807) is 4.90 Å². The van der Waals surface area contributed by atoms with E-state index < -0.39 is 0 Å². The van der Waals surface area contributed by atoms with Crippen molar-refractivity contribution in [2.24, 2.45) is 12.0 Å². The second kappa shape index (κ2) is 10.2. The highest BCUT2D eigenvalue weighted by Gasteiger charge is 2.23. The van der Waals surface area contributed by atoms with E-state index >= 15 is 0 Å². The molecule has 0 atom stereocenters. The molecule has 0 saturated carbocycles. The van der Waals surface area contributed by atoms with E-state index in [9.17, 15) is 4.79 Å². The zero-order valence-corrected chi connectivity index (χ0v) is 17.3. The molecule has 2 rings (SSSR count). The monoisotopic (exact) mass is 378 g/mol. The molecule has 152 valence electrons. The Kier molecular flexibility index (Phi) is 7.94. The van der Waals surface area contributed by atoms with E-state index in [0.717, 1.165) is 43.9 Å². The fraction of sp³-hybridized carbons (Fsp3) is 0.737. The average molecular weight is 379 g/mol. The van der Waals surface area contributed by atoms with Crippen LogP contribution in [-0.4, -0.2) is 59.5 Å². The van der Waals surface area contributed by atoms with Crippen LogP contribution < -0.4 is 10.6 Å². The minimum Gasteiger partial charge on any atom is -0.453 e. The Morgan fingerprint density at radius 3 is 2.52 bits per heavy atom. The van der Waals surface area contributed by atoms with Crippen molar-refractivity contribution in [3.63, 3.8) is 0 Å². The Bertz CT molecular complexity index is 647. The van der Waals surface area contributed by atoms with Crippen LogP contribution in [0.15, 0.2) is 4.99 Å². The van der Waals surface area contributed by atoms with Gasteiger partial charge in [0.05, 0.1) is 19.3 Å². The van der Waals surface area contributed by atoms with Gasteiger partial charge in [-0.1, -0.05) is 13.8 Å². The van der Waals surface area contributed by atoms with Crippen molar-refractivity contribution < 1.29 is 9.53 Å². The van der Waals surface area contributed by atoms with Crippen LogP contribution in [0.3, 0.4) is 0 Å². The molecule has 0 bridgehead atoms. The predicted octanol–water partition coefficient (Wildman–Crippen LogP) is 1.83. The molecular formula is C19H34N6O2. The van der Waals surface area contributed by atoms with Gasteiger partial charge in [0.25, 0.3) is 0 Å². The summed E-state index contributed by atoms with van der Waals surface area (Å²) in [7, 11) is 3.43. The Hall–Kier alpha value is -2.25. The average Bonchev–Trinajstić information content (AvgIpc) is 3.00. The first-order chi connectivity index (χ1) is 13.0. The lowest BCUT2D eigenvalue weighted by Gasteiger charge is -2.32. The van der Waals surface area contributed by atoms with Gasteiger partial charge in [-0.2, -0.15) is 5.10 Å². The van der Waals surface area contributed by atoms with Gasteiger partial charge in [0.15, 0.2) is 5.96 Å². The SMILES string of the molecule is CCNC(=NCc1c(CC)nn(C)c1CC)NC1CCN(C(=O)OC)CC1. The van der Waals surface area contributed by atoms with Crippen LogP contribution in [0.1, 0.15) is 50.6 Å². The van der Waals surface area contributed by atoms with Crippen molar-refractivity contribution in [2.75, 3.05) is 26.7 Å². The summed E-state index contributed by atoms with van der Waals surface area (Å²) < 4.78 is 6.78. The zero-order valence-electron chi connectivity index (χ0n) is 17.3. The third-order valence-corrected chi connectivity index (χ3v) is 5.04.